The van der Waals surface area contributed by atoms with Crippen LogP contribution in [0.2, 0.25) is 0 Å². The lowest BCUT2D eigenvalue weighted by Gasteiger charge is -2.11. The van der Waals surface area contributed by atoms with Gasteiger partial charge in [0.05, 0.1) is 6.61 Å². The standard InChI is InChI=1S/C10H14FNO2/c1-3-14-9-5-4-7(6-8(9)11)10(13)12-2/h4-6,10,12-13H,3H2,1-2H3. The van der Waals surface area contributed by atoms with E-state index in [-0.39, 0.29) is 5.75 Å². The van der Waals surface area contributed by atoms with E-state index in [0.717, 1.165) is 0 Å². The molecule has 0 saturated carbocycles. The van der Waals surface area contributed by atoms with Crippen LogP contribution in [0.1, 0.15) is 18.7 Å². The van der Waals surface area contributed by atoms with Crippen LogP contribution in [0, 0.1) is 5.82 Å². The Morgan fingerprint density at radius 1 is 1.57 bits per heavy atom. The fourth-order valence-electron chi connectivity index (χ4n) is 1.13. The van der Waals surface area contributed by atoms with Gasteiger partial charge in [0.2, 0.25) is 0 Å². The van der Waals surface area contributed by atoms with Crippen molar-refractivity contribution in [3.05, 3.63) is 29.6 Å². The zero-order valence-corrected chi connectivity index (χ0v) is 8.25. The lowest BCUT2D eigenvalue weighted by Crippen LogP contribution is -2.15. The molecule has 78 valence electrons. The summed E-state index contributed by atoms with van der Waals surface area (Å²) in [5.74, 6) is -0.252. The minimum Gasteiger partial charge on any atom is -0.491 e. The predicted molar refractivity (Wildman–Crippen MR) is 51.6 cm³/mol. The number of ether oxygens (including phenoxy) is 1. The molecule has 0 bridgehead atoms. The van der Waals surface area contributed by atoms with Crippen molar-refractivity contribution in [2.75, 3.05) is 13.7 Å². The molecule has 1 aromatic carbocycles. The molecule has 0 radical (unpaired) electrons. The van der Waals surface area contributed by atoms with Gasteiger partial charge in [0.15, 0.2) is 11.6 Å². The Labute approximate surface area is 82.5 Å². The molecule has 0 heterocycles. The van der Waals surface area contributed by atoms with Crippen LogP contribution in [0.5, 0.6) is 5.75 Å². The van der Waals surface area contributed by atoms with Gasteiger partial charge in [-0.25, -0.2) is 4.39 Å². The molecule has 1 atom stereocenters. The molecule has 2 N–H and O–H groups in total. The summed E-state index contributed by atoms with van der Waals surface area (Å²) < 4.78 is 18.3. The Bertz CT molecular complexity index is 304. The van der Waals surface area contributed by atoms with Gasteiger partial charge in [0.25, 0.3) is 0 Å². The minimum absolute atomic E-state index is 0.208. The molecular weight excluding hydrogens is 185 g/mol. The highest BCUT2D eigenvalue weighted by Crippen LogP contribution is 2.20. The second kappa shape index (κ2) is 4.93. The number of aliphatic hydroxyl groups excluding tert-OH is 1. The van der Waals surface area contributed by atoms with Crippen LogP contribution in [0.25, 0.3) is 0 Å². The molecule has 4 heteroatoms. The van der Waals surface area contributed by atoms with Crippen molar-refractivity contribution in [1.29, 1.82) is 0 Å². The second-order valence-electron chi connectivity index (χ2n) is 2.81. The smallest absolute Gasteiger partial charge is 0.165 e. The van der Waals surface area contributed by atoms with E-state index in [9.17, 15) is 9.50 Å². The van der Waals surface area contributed by atoms with Crippen LogP contribution in [-0.2, 0) is 0 Å². The molecule has 0 fully saturated rings. The van der Waals surface area contributed by atoms with Crippen molar-refractivity contribution in [2.45, 2.75) is 13.2 Å². The van der Waals surface area contributed by atoms with Crippen molar-refractivity contribution < 1.29 is 14.2 Å². The first-order valence-corrected chi connectivity index (χ1v) is 4.46. The SMILES string of the molecule is CCOc1ccc(C(O)NC)cc1F. The third-order valence-electron chi connectivity index (χ3n) is 1.84. The molecule has 0 aliphatic heterocycles. The van der Waals surface area contributed by atoms with Crippen molar-refractivity contribution in [2.24, 2.45) is 0 Å². The molecule has 0 saturated heterocycles. The zero-order valence-electron chi connectivity index (χ0n) is 8.25. The molecule has 1 rings (SSSR count). The molecule has 0 amide bonds. The summed E-state index contributed by atoms with van der Waals surface area (Å²) in [6.07, 6.45) is -0.847. The number of halogens is 1. The monoisotopic (exact) mass is 199 g/mol. The predicted octanol–water partition coefficient (Wildman–Crippen LogP) is 1.43. The number of hydrogen-bond acceptors (Lipinski definition) is 3. The summed E-state index contributed by atoms with van der Waals surface area (Å²) in [5, 5.41) is 12.0. The molecule has 0 spiro atoms. The summed E-state index contributed by atoms with van der Waals surface area (Å²) in [6, 6.07) is 4.39. The van der Waals surface area contributed by atoms with Gasteiger partial charge in [-0.3, -0.25) is 5.32 Å². The summed E-state index contributed by atoms with van der Waals surface area (Å²) in [4.78, 5) is 0. The van der Waals surface area contributed by atoms with E-state index in [4.69, 9.17) is 4.74 Å². The highest BCUT2D eigenvalue weighted by molar-refractivity contribution is 5.30. The van der Waals surface area contributed by atoms with Crippen molar-refractivity contribution in [1.82, 2.24) is 5.32 Å². The maximum atomic E-state index is 13.3. The van der Waals surface area contributed by atoms with Crippen LogP contribution in [-0.4, -0.2) is 18.8 Å². The third-order valence-corrected chi connectivity index (χ3v) is 1.84. The first kappa shape index (κ1) is 10.9. The van der Waals surface area contributed by atoms with Crippen LogP contribution in [0.15, 0.2) is 18.2 Å². The second-order valence-corrected chi connectivity index (χ2v) is 2.81. The van der Waals surface area contributed by atoms with E-state index in [1.54, 1.807) is 20.0 Å². The maximum absolute atomic E-state index is 13.3. The van der Waals surface area contributed by atoms with Gasteiger partial charge in [0, 0.05) is 0 Å². The number of nitrogens with one attached hydrogen (secondary N) is 1. The fraction of sp³-hybridized carbons (Fsp3) is 0.400. The van der Waals surface area contributed by atoms with Crippen LogP contribution < -0.4 is 10.1 Å². The average molecular weight is 199 g/mol. The first-order chi connectivity index (χ1) is 6.69. The van der Waals surface area contributed by atoms with Crippen LogP contribution >= 0.6 is 0 Å². The van der Waals surface area contributed by atoms with Crippen molar-refractivity contribution in [3.8, 4) is 5.75 Å². The molecule has 1 unspecified atom stereocenters. The average Bonchev–Trinajstić information content (AvgIpc) is 2.20. The van der Waals surface area contributed by atoms with Crippen LogP contribution in [0.3, 0.4) is 0 Å². The number of benzene rings is 1. The maximum Gasteiger partial charge on any atom is 0.165 e. The van der Waals surface area contributed by atoms with Crippen molar-refractivity contribution >= 4 is 0 Å². The Morgan fingerprint density at radius 3 is 2.79 bits per heavy atom. The Kier molecular flexibility index (Phi) is 3.85. The minimum atomic E-state index is -0.847. The first-order valence-electron chi connectivity index (χ1n) is 4.46. The lowest BCUT2D eigenvalue weighted by molar-refractivity contribution is 0.148. The summed E-state index contributed by atoms with van der Waals surface area (Å²) in [6.45, 7) is 2.21. The molecule has 3 nitrogen and oxygen atoms in total. The molecule has 0 aliphatic carbocycles. The number of aliphatic hydroxyl groups is 1. The van der Waals surface area contributed by atoms with Gasteiger partial charge >= 0.3 is 0 Å². The summed E-state index contributed by atoms with van der Waals surface area (Å²) in [7, 11) is 1.60. The molecule has 0 aliphatic rings. The quantitative estimate of drug-likeness (QED) is 0.721. The molecule has 1 aromatic rings. The van der Waals surface area contributed by atoms with Gasteiger partial charge < -0.3 is 9.84 Å². The van der Waals surface area contributed by atoms with Gasteiger partial charge in [-0.05, 0) is 31.7 Å². The number of rotatable bonds is 4. The van der Waals surface area contributed by atoms with Gasteiger partial charge in [-0.15, -0.1) is 0 Å². The normalized spacial score (nSPS) is 12.6. The van der Waals surface area contributed by atoms with E-state index in [2.05, 4.69) is 5.32 Å². The van der Waals surface area contributed by atoms with E-state index >= 15 is 0 Å². The van der Waals surface area contributed by atoms with E-state index in [0.29, 0.717) is 12.2 Å². The highest BCUT2D eigenvalue weighted by atomic mass is 19.1. The van der Waals surface area contributed by atoms with Crippen LogP contribution in [0.4, 0.5) is 4.39 Å². The third kappa shape index (κ3) is 2.43. The lowest BCUT2D eigenvalue weighted by atomic mass is 10.2. The fourth-order valence-corrected chi connectivity index (χ4v) is 1.13. The zero-order chi connectivity index (χ0) is 10.6. The van der Waals surface area contributed by atoms with Gasteiger partial charge in [-0.1, -0.05) is 6.07 Å². The molecule has 0 aromatic heterocycles. The van der Waals surface area contributed by atoms with E-state index in [1.165, 1.54) is 12.1 Å². The largest absolute Gasteiger partial charge is 0.491 e. The van der Waals surface area contributed by atoms with Gasteiger partial charge in [-0.2, -0.15) is 0 Å². The Balaban J connectivity index is 2.88. The van der Waals surface area contributed by atoms with Gasteiger partial charge in [0.1, 0.15) is 6.23 Å². The Hall–Kier alpha value is -1.13. The number of hydrogen-bond donors (Lipinski definition) is 2. The molecule has 14 heavy (non-hydrogen) atoms. The van der Waals surface area contributed by atoms with Crippen molar-refractivity contribution in [3.63, 3.8) is 0 Å². The Morgan fingerprint density at radius 2 is 2.29 bits per heavy atom. The topological polar surface area (TPSA) is 41.5 Å². The van der Waals surface area contributed by atoms with E-state index < -0.39 is 12.0 Å². The highest BCUT2D eigenvalue weighted by Gasteiger charge is 2.08. The summed E-state index contributed by atoms with van der Waals surface area (Å²) >= 11 is 0. The summed E-state index contributed by atoms with van der Waals surface area (Å²) in [5.41, 5.74) is 0.480. The van der Waals surface area contributed by atoms with E-state index in [1.807, 2.05) is 0 Å². The molecular formula is C10H14FNO2.